The Morgan fingerprint density at radius 2 is 1.68 bits per heavy atom. The molecule has 0 spiro atoms. The number of rotatable bonds is 2. The molecule has 3 aromatic rings. The molecule has 0 radical (unpaired) electrons. The summed E-state index contributed by atoms with van der Waals surface area (Å²) in [6.45, 7) is 0. The van der Waals surface area contributed by atoms with Crippen molar-refractivity contribution in [3.63, 3.8) is 0 Å². The second-order valence-corrected chi connectivity index (χ2v) is 3.96. The van der Waals surface area contributed by atoms with Crippen LogP contribution in [-0.2, 0) is 0 Å². The van der Waals surface area contributed by atoms with E-state index < -0.39 is 5.82 Å². The molecule has 2 aromatic heterocycles. The van der Waals surface area contributed by atoms with Crippen molar-refractivity contribution in [2.75, 3.05) is 0 Å². The Morgan fingerprint density at radius 3 is 2.37 bits per heavy atom. The zero-order valence-electron chi connectivity index (χ0n) is 9.55. The number of hydrogen-bond donors (Lipinski definition) is 0. The molecule has 0 aliphatic carbocycles. The highest BCUT2D eigenvalue weighted by Crippen LogP contribution is 2.30. The lowest BCUT2D eigenvalue weighted by molar-refractivity contribution is 0.619. The SMILES string of the molecule is O=Nc1c(-c2ccc(F)cc2)nc2ccc(F)cn12. The van der Waals surface area contributed by atoms with Gasteiger partial charge in [-0.05, 0) is 41.6 Å². The molecule has 4 nitrogen and oxygen atoms in total. The molecule has 0 saturated carbocycles. The molecule has 19 heavy (non-hydrogen) atoms. The van der Waals surface area contributed by atoms with E-state index in [1.54, 1.807) is 0 Å². The van der Waals surface area contributed by atoms with Crippen molar-refractivity contribution in [1.82, 2.24) is 9.38 Å². The Kier molecular flexibility index (Phi) is 2.56. The average molecular weight is 259 g/mol. The maximum Gasteiger partial charge on any atom is 0.209 e. The molecular weight excluding hydrogens is 252 g/mol. The van der Waals surface area contributed by atoms with Crippen LogP contribution in [0.1, 0.15) is 0 Å². The third-order valence-corrected chi connectivity index (χ3v) is 2.76. The van der Waals surface area contributed by atoms with Crippen LogP contribution in [0.3, 0.4) is 0 Å². The summed E-state index contributed by atoms with van der Waals surface area (Å²) in [6.07, 6.45) is 1.13. The first-order valence-corrected chi connectivity index (χ1v) is 5.46. The number of imidazole rings is 1. The van der Waals surface area contributed by atoms with Gasteiger partial charge in [-0.1, -0.05) is 0 Å². The van der Waals surface area contributed by atoms with Crippen molar-refractivity contribution in [1.29, 1.82) is 0 Å². The summed E-state index contributed by atoms with van der Waals surface area (Å²) < 4.78 is 27.3. The summed E-state index contributed by atoms with van der Waals surface area (Å²) in [5, 5.41) is 2.89. The fraction of sp³-hybridized carbons (Fsp3) is 0. The highest BCUT2D eigenvalue weighted by molar-refractivity contribution is 5.74. The van der Waals surface area contributed by atoms with E-state index in [0.29, 0.717) is 16.9 Å². The number of benzene rings is 1. The highest BCUT2D eigenvalue weighted by Gasteiger charge is 2.15. The van der Waals surface area contributed by atoms with Crippen LogP contribution in [0.15, 0.2) is 47.8 Å². The molecule has 94 valence electrons. The predicted octanol–water partition coefficient (Wildman–Crippen LogP) is 3.68. The Morgan fingerprint density at radius 1 is 1.00 bits per heavy atom. The van der Waals surface area contributed by atoms with Gasteiger partial charge < -0.3 is 0 Å². The minimum atomic E-state index is -0.500. The van der Waals surface area contributed by atoms with Gasteiger partial charge in [-0.3, -0.25) is 4.40 Å². The van der Waals surface area contributed by atoms with Gasteiger partial charge in [-0.25, -0.2) is 13.8 Å². The fourth-order valence-electron chi connectivity index (χ4n) is 1.89. The minimum Gasteiger partial charge on any atom is -0.278 e. The summed E-state index contributed by atoms with van der Waals surface area (Å²) in [6, 6.07) is 8.18. The Balaban J connectivity index is 2.28. The van der Waals surface area contributed by atoms with E-state index in [1.165, 1.54) is 40.8 Å². The lowest BCUT2D eigenvalue weighted by atomic mass is 10.1. The quantitative estimate of drug-likeness (QED) is 0.659. The molecule has 2 heterocycles. The molecule has 0 aliphatic rings. The van der Waals surface area contributed by atoms with Crippen molar-refractivity contribution < 1.29 is 8.78 Å². The van der Waals surface area contributed by atoms with Gasteiger partial charge in [0.15, 0.2) is 0 Å². The van der Waals surface area contributed by atoms with E-state index in [-0.39, 0.29) is 11.6 Å². The summed E-state index contributed by atoms with van der Waals surface area (Å²) in [7, 11) is 0. The van der Waals surface area contributed by atoms with Crippen LogP contribution in [0, 0.1) is 16.5 Å². The van der Waals surface area contributed by atoms with Crippen LogP contribution in [0.5, 0.6) is 0 Å². The van der Waals surface area contributed by atoms with Gasteiger partial charge in [-0.15, -0.1) is 4.91 Å². The second-order valence-electron chi connectivity index (χ2n) is 3.96. The van der Waals surface area contributed by atoms with Gasteiger partial charge in [0.05, 0.1) is 0 Å². The van der Waals surface area contributed by atoms with E-state index >= 15 is 0 Å². The zero-order valence-corrected chi connectivity index (χ0v) is 9.55. The molecular formula is C13H7F2N3O. The number of fused-ring (bicyclic) bond motifs is 1. The van der Waals surface area contributed by atoms with Gasteiger partial charge in [0, 0.05) is 11.8 Å². The number of pyridine rings is 1. The summed E-state index contributed by atoms with van der Waals surface area (Å²) in [4.78, 5) is 15.2. The van der Waals surface area contributed by atoms with Gasteiger partial charge in [0.2, 0.25) is 5.82 Å². The minimum absolute atomic E-state index is 0.0129. The van der Waals surface area contributed by atoms with Crippen LogP contribution in [0.4, 0.5) is 14.6 Å². The number of halogens is 2. The van der Waals surface area contributed by atoms with Gasteiger partial charge in [0.1, 0.15) is 23.0 Å². The summed E-state index contributed by atoms with van der Waals surface area (Å²) in [5.74, 6) is -0.902. The predicted molar refractivity (Wildman–Crippen MR) is 66.0 cm³/mol. The third-order valence-electron chi connectivity index (χ3n) is 2.76. The molecule has 0 N–H and O–H groups in total. The normalized spacial score (nSPS) is 10.8. The number of aromatic nitrogens is 2. The topological polar surface area (TPSA) is 46.7 Å². The molecule has 6 heteroatoms. The molecule has 0 unspecified atom stereocenters. The zero-order chi connectivity index (χ0) is 13.4. The standard InChI is InChI=1S/C13H7F2N3O/c14-9-3-1-8(2-4-9)12-13(17-19)18-7-10(15)5-6-11(18)16-12/h1-7H. The van der Waals surface area contributed by atoms with Crippen LogP contribution >= 0.6 is 0 Å². The van der Waals surface area contributed by atoms with Crippen molar-refractivity contribution >= 4 is 11.5 Å². The smallest absolute Gasteiger partial charge is 0.209 e. The average Bonchev–Trinajstić information content (AvgIpc) is 2.77. The van der Waals surface area contributed by atoms with Crippen LogP contribution < -0.4 is 0 Å². The Bertz CT molecular complexity index is 765. The monoisotopic (exact) mass is 259 g/mol. The van der Waals surface area contributed by atoms with E-state index in [2.05, 4.69) is 10.2 Å². The van der Waals surface area contributed by atoms with Gasteiger partial charge in [-0.2, -0.15) is 0 Å². The first-order chi connectivity index (χ1) is 9.19. The van der Waals surface area contributed by atoms with Crippen molar-refractivity contribution in [2.24, 2.45) is 5.18 Å². The van der Waals surface area contributed by atoms with E-state index in [1.807, 2.05) is 0 Å². The number of hydrogen-bond acceptors (Lipinski definition) is 3. The van der Waals surface area contributed by atoms with Gasteiger partial charge >= 0.3 is 0 Å². The molecule has 0 amide bonds. The Hall–Kier alpha value is -2.63. The highest BCUT2D eigenvalue weighted by atomic mass is 19.1. The lowest BCUT2D eigenvalue weighted by Crippen LogP contribution is -1.85. The molecule has 0 atom stereocenters. The lowest BCUT2D eigenvalue weighted by Gasteiger charge is -1.97. The molecule has 0 aliphatic heterocycles. The van der Waals surface area contributed by atoms with Crippen LogP contribution in [0.25, 0.3) is 16.9 Å². The number of nitrogens with zero attached hydrogens (tertiary/aromatic N) is 3. The molecule has 0 saturated heterocycles. The van der Waals surface area contributed by atoms with Gasteiger partial charge in [0.25, 0.3) is 0 Å². The van der Waals surface area contributed by atoms with Crippen LogP contribution in [0.2, 0.25) is 0 Å². The molecule has 0 fully saturated rings. The second kappa shape index (κ2) is 4.24. The van der Waals surface area contributed by atoms with E-state index in [4.69, 9.17) is 0 Å². The maximum absolute atomic E-state index is 13.2. The van der Waals surface area contributed by atoms with Crippen molar-refractivity contribution in [3.8, 4) is 11.3 Å². The van der Waals surface area contributed by atoms with E-state index in [9.17, 15) is 13.7 Å². The summed E-state index contributed by atoms with van der Waals surface area (Å²) in [5.41, 5.74) is 1.23. The fourth-order valence-corrected chi connectivity index (χ4v) is 1.89. The Labute approximate surface area is 106 Å². The van der Waals surface area contributed by atoms with Crippen molar-refractivity contribution in [2.45, 2.75) is 0 Å². The molecule has 1 aromatic carbocycles. The third kappa shape index (κ3) is 1.87. The van der Waals surface area contributed by atoms with Crippen molar-refractivity contribution in [3.05, 3.63) is 59.1 Å². The summed E-state index contributed by atoms with van der Waals surface area (Å²) >= 11 is 0. The maximum atomic E-state index is 13.2. The van der Waals surface area contributed by atoms with Crippen LogP contribution in [-0.4, -0.2) is 9.38 Å². The van der Waals surface area contributed by atoms with E-state index in [0.717, 1.165) is 6.20 Å². The molecule has 0 bridgehead atoms. The first-order valence-electron chi connectivity index (χ1n) is 5.46. The molecule has 3 rings (SSSR count). The first kappa shape index (κ1) is 11.5. The largest absolute Gasteiger partial charge is 0.278 e. The number of nitroso groups, excluding NO2 is 1.